The van der Waals surface area contributed by atoms with E-state index in [0.29, 0.717) is 5.69 Å². The summed E-state index contributed by atoms with van der Waals surface area (Å²) < 4.78 is 33.0. The summed E-state index contributed by atoms with van der Waals surface area (Å²) in [6, 6.07) is 4.66. The van der Waals surface area contributed by atoms with Crippen LogP contribution in [0.25, 0.3) is 11.5 Å². The lowest BCUT2D eigenvalue weighted by Crippen LogP contribution is -2.16. The number of aromatic nitrogens is 4. The van der Waals surface area contributed by atoms with Crippen LogP contribution in [0.4, 0.5) is 8.78 Å². The Labute approximate surface area is 129 Å². The van der Waals surface area contributed by atoms with Crippen molar-refractivity contribution in [2.24, 2.45) is 0 Å². The molecule has 0 saturated carbocycles. The molecular formula is C15H12F2N4O2. The highest BCUT2D eigenvalue weighted by atomic mass is 19.1. The number of rotatable bonds is 3. The predicted molar refractivity (Wildman–Crippen MR) is 75.7 cm³/mol. The highest BCUT2D eigenvalue weighted by molar-refractivity contribution is 5.80. The molecular weight excluding hydrogens is 306 g/mol. The Kier molecular flexibility index (Phi) is 3.73. The SMILES string of the molecule is Cc1cc(C)n(C(=O)Cc2nnc(-c3cc(F)cc(F)c3)o2)n1. The molecule has 0 N–H and O–H groups in total. The van der Waals surface area contributed by atoms with Gasteiger partial charge in [0.15, 0.2) is 0 Å². The van der Waals surface area contributed by atoms with Gasteiger partial charge < -0.3 is 4.42 Å². The van der Waals surface area contributed by atoms with E-state index in [4.69, 9.17) is 4.42 Å². The van der Waals surface area contributed by atoms with E-state index in [2.05, 4.69) is 15.3 Å². The second-order valence-electron chi connectivity index (χ2n) is 5.07. The Morgan fingerprint density at radius 2 is 1.83 bits per heavy atom. The molecule has 3 aromatic rings. The number of nitrogens with zero attached hydrogens (tertiary/aromatic N) is 4. The summed E-state index contributed by atoms with van der Waals surface area (Å²) in [7, 11) is 0. The lowest BCUT2D eigenvalue weighted by Gasteiger charge is -2.00. The van der Waals surface area contributed by atoms with Gasteiger partial charge in [-0.15, -0.1) is 10.2 Å². The van der Waals surface area contributed by atoms with Gasteiger partial charge in [0.25, 0.3) is 5.91 Å². The van der Waals surface area contributed by atoms with E-state index in [-0.39, 0.29) is 29.7 Å². The number of benzene rings is 1. The van der Waals surface area contributed by atoms with Gasteiger partial charge in [0.05, 0.1) is 5.69 Å². The molecule has 23 heavy (non-hydrogen) atoms. The Morgan fingerprint density at radius 3 is 2.43 bits per heavy atom. The summed E-state index contributed by atoms with van der Waals surface area (Å²) in [5.41, 5.74) is 1.52. The van der Waals surface area contributed by atoms with Crippen molar-refractivity contribution < 1.29 is 18.0 Å². The fourth-order valence-corrected chi connectivity index (χ4v) is 2.20. The van der Waals surface area contributed by atoms with Crippen molar-refractivity contribution in [1.82, 2.24) is 20.0 Å². The molecule has 2 heterocycles. The lowest BCUT2D eigenvalue weighted by atomic mass is 10.2. The number of hydrogen-bond donors (Lipinski definition) is 0. The summed E-state index contributed by atoms with van der Waals surface area (Å²) in [6.45, 7) is 3.53. The van der Waals surface area contributed by atoms with Crippen molar-refractivity contribution in [3.8, 4) is 11.5 Å². The molecule has 0 spiro atoms. The van der Waals surface area contributed by atoms with Gasteiger partial charge in [-0.05, 0) is 32.0 Å². The van der Waals surface area contributed by atoms with Gasteiger partial charge in [-0.3, -0.25) is 4.79 Å². The molecule has 118 valence electrons. The van der Waals surface area contributed by atoms with Crippen LogP contribution >= 0.6 is 0 Å². The van der Waals surface area contributed by atoms with Crippen LogP contribution in [-0.4, -0.2) is 25.9 Å². The Bertz CT molecular complexity index is 865. The highest BCUT2D eigenvalue weighted by Crippen LogP contribution is 2.20. The maximum absolute atomic E-state index is 13.2. The Hall–Kier alpha value is -2.90. The molecule has 0 aliphatic carbocycles. The van der Waals surface area contributed by atoms with Gasteiger partial charge in [0, 0.05) is 17.3 Å². The average Bonchev–Trinajstić information content (AvgIpc) is 3.04. The minimum atomic E-state index is -0.751. The van der Waals surface area contributed by atoms with Crippen molar-refractivity contribution in [3.63, 3.8) is 0 Å². The van der Waals surface area contributed by atoms with Crippen LogP contribution in [0.5, 0.6) is 0 Å². The van der Waals surface area contributed by atoms with E-state index in [1.54, 1.807) is 19.9 Å². The maximum atomic E-state index is 13.2. The third-order valence-electron chi connectivity index (χ3n) is 3.12. The zero-order valence-corrected chi connectivity index (χ0v) is 12.4. The first-order valence-electron chi connectivity index (χ1n) is 6.77. The topological polar surface area (TPSA) is 73.8 Å². The first kappa shape index (κ1) is 15.0. The molecule has 0 bridgehead atoms. The quantitative estimate of drug-likeness (QED) is 0.742. The summed E-state index contributed by atoms with van der Waals surface area (Å²) in [5, 5.41) is 11.5. The lowest BCUT2D eigenvalue weighted by molar-refractivity contribution is 0.0887. The van der Waals surface area contributed by atoms with Crippen LogP contribution in [-0.2, 0) is 6.42 Å². The van der Waals surface area contributed by atoms with Crippen LogP contribution in [0.1, 0.15) is 22.1 Å². The third kappa shape index (κ3) is 3.15. The van der Waals surface area contributed by atoms with Crippen molar-refractivity contribution in [1.29, 1.82) is 0 Å². The highest BCUT2D eigenvalue weighted by Gasteiger charge is 2.17. The summed E-state index contributed by atoms with van der Waals surface area (Å²) in [5.74, 6) is -1.85. The molecule has 0 saturated heterocycles. The Balaban J connectivity index is 1.82. The number of halogens is 2. The smallest absolute Gasteiger partial charge is 0.256 e. The zero-order chi connectivity index (χ0) is 16.6. The largest absolute Gasteiger partial charge is 0.420 e. The minimum Gasteiger partial charge on any atom is -0.420 e. The zero-order valence-electron chi connectivity index (χ0n) is 12.4. The predicted octanol–water partition coefficient (Wildman–Crippen LogP) is 2.71. The van der Waals surface area contributed by atoms with Crippen LogP contribution in [0.15, 0.2) is 28.7 Å². The second kappa shape index (κ2) is 5.71. The molecule has 0 atom stereocenters. The van der Waals surface area contributed by atoms with Gasteiger partial charge in [0.2, 0.25) is 11.8 Å². The van der Waals surface area contributed by atoms with Crippen LogP contribution in [0, 0.1) is 25.5 Å². The average molecular weight is 318 g/mol. The molecule has 0 radical (unpaired) electrons. The summed E-state index contributed by atoms with van der Waals surface area (Å²) in [4.78, 5) is 12.2. The molecule has 0 aliphatic rings. The number of aryl methyl sites for hydroxylation is 2. The number of carbonyl (C=O) groups excluding carboxylic acids is 1. The molecule has 8 heteroatoms. The maximum Gasteiger partial charge on any atom is 0.256 e. The van der Waals surface area contributed by atoms with E-state index in [1.807, 2.05) is 0 Å². The van der Waals surface area contributed by atoms with Gasteiger partial charge in [-0.1, -0.05) is 0 Å². The summed E-state index contributed by atoms with van der Waals surface area (Å²) in [6.07, 6.45) is -0.160. The van der Waals surface area contributed by atoms with Gasteiger partial charge in [-0.2, -0.15) is 5.10 Å². The van der Waals surface area contributed by atoms with E-state index >= 15 is 0 Å². The van der Waals surface area contributed by atoms with Gasteiger partial charge in [0.1, 0.15) is 18.1 Å². The fourth-order valence-electron chi connectivity index (χ4n) is 2.20. The standard InChI is InChI=1S/C15H12F2N4O2/c1-8-3-9(2)21(20-8)14(22)7-13-18-19-15(23-13)10-4-11(16)6-12(17)5-10/h3-6H,7H2,1-2H3. The molecule has 1 aromatic carbocycles. The van der Waals surface area contributed by atoms with E-state index in [1.165, 1.54) is 4.68 Å². The normalized spacial score (nSPS) is 11.0. The van der Waals surface area contributed by atoms with Crippen LogP contribution in [0.3, 0.4) is 0 Å². The third-order valence-corrected chi connectivity index (χ3v) is 3.12. The molecule has 0 fully saturated rings. The van der Waals surface area contributed by atoms with Crippen molar-refractivity contribution in [3.05, 3.63) is 53.2 Å². The van der Waals surface area contributed by atoms with Gasteiger partial charge >= 0.3 is 0 Å². The van der Waals surface area contributed by atoms with E-state index < -0.39 is 11.6 Å². The van der Waals surface area contributed by atoms with Crippen LogP contribution in [0.2, 0.25) is 0 Å². The van der Waals surface area contributed by atoms with Crippen molar-refractivity contribution in [2.75, 3.05) is 0 Å². The molecule has 3 rings (SSSR count). The van der Waals surface area contributed by atoms with E-state index in [9.17, 15) is 13.6 Å². The first-order chi connectivity index (χ1) is 10.9. The molecule has 0 amide bonds. The summed E-state index contributed by atoms with van der Waals surface area (Å²) >= 11 is 0. The number of carbonyl (C=O) groups is 1. The van der Waals surface area contributed by atoms with E-state index in [0.717, 1.165) is 23.9 Å². The number of hydrogen-bond acceptors (Lipinski definition) is 5. The van der Waals surface area contributed by atoms with Gasteiger partial charge in [-0.25, -0.2) is 13.5 Å². The van der Waals surface area contributed by atoms with Crippen molar-refractivity contribution in [2.45, 2.75) is 20.3 Å². The fraction of sp³-hybridized carbons (Fsp3) is 0.200. The monoisotopic (exact) mass is 318 g/mol. The molecule has 0 unspecified atom stereocenters. The second-order valence-corrected chi connectivity index (χ2v) is 5.07. The molecule has 6 nitrogen and oxygen atoms in total. The first-order valence-corrected chi connectivity index (χ1v) is 6.77. The van der Waals surface area contributed by atoms with Crippen molar-refractivity contribution >= 4 is 5.91 Å². The minimum absolute atomic E-state index is 0.0437. The van der Waals surface area contributed by atoms with Crippen LogP contribution < -0.4 is 0 Å². The Morgan fingerprint density at radius 1 is 1.13 bits per heavy atom. The molecule has 2 aromatic heterocycles. The molecule has 0 aliphatic heterocycles.